The van der Waals surface area contributed by atoms with Crippen molar-refractivity contribution in [3.63, 3.8) is 0 Å². The van der Waals surface area contributed by atoms with Crippen molar-refractivity contribution >= 4 is 27.7 Å². The molecule has 106 valence electrons. The molecule has 1 aromatic carbocycles. The molecule has 0 radical (unpaired) electrons. The summed E-state index contributed by atoms with van der Waals surface area (Å²) in [7, 11) is -4.05. The molecule has 1 amide bonds. The zero-order valence-corrected chi connectivity index (χ0v) is 11.8. The molecule has 0 aliphatic heterocycles. The van der Waals surface area contributed by atoms with Gasteiger partial charge < -0.3 is 10.5 Å². The number of anilines is 2. The Hall–Kier alpha value is -1.96. The van der Waals surface area contributed by atoms with Gasteiger partial charge in [0.05, 0.1) is 12.3 Å². The smallest absolute Gasteiger partial charge is 0.422 e. The van der Waals surface area contributed by atoms with E-state index in [0.29, 0.717) is 22.5 Å². The first-order chi connectivity index (χ1) is 8.76. The summed E-state index contributed by atoms with van der Waals surface area (Å²) in [5, 5.41) is 0. The van der Waals surface area contributed by atoms with E-state index < -0.39 is 16.3 Å². The van der Waals surface area contributed by atoms with Gasteiger partial charge in [-0.1, -0.05) is 6.07 Å². The maximum absolute atomic E-state index is 11.7. The Bertz CT molecular complexity index is 584. The van der Waals surface area contributed by atoms with Gasteiger partial charge in [-0.3, -0.25) is 4.72 Å². The molecule has 8 heteroatoms. The third-order valence-electron chi connectivity index (χ3n) is 2.44. The lowest BCUT2D eigenvalue weighted by atomic mass is 10.1. The third-order valence-corrected chi connectivity index (χ3v) is 3.35. The summed E-state index contributed by atoms with van der Waals surface area (Å²) in [4.78, 5) is 11.1. The van der Waals surface area contributed by atoms with Gasteiger partial charge in [0.25, 0.3) is 0 Å². The average molecular weight is 287 g/mol. The van der Waals surface area contributed by atoms with Gasteiger partial charge in [-0.25, -0.2) is 9.52 Å². The Labute approximate surface area is 112 Å². The van der Waals surface area contributed by atoms with E-state index in [1.54, 1.807) is 37.6 Å². The van der Waals surface area contributed by atoms with Crippen LogP contribution in [0, 0.1) is 13.8 Å². The number of hydrogen-bond donors (Lipinski definition) is 3. The number of nitrogen functional groups attached to an aromatic ring is 1. The molecule has 0 unspecified atom stereocenters. The first-order valence-corrected chi connectivity index (χ1v) is 7.08. The molecule has 0 aromatic heterocycles. The molecule has 0 saturated carbocycles. The minimum absolute atomic E-state index is 0.0810. The lowest BCUT2D eigenvalue weighted by Crippen LogP contribution is -2.36. The number of nitrogens with two attached hydrogens (primary N) is 1. The summed E-state index contributed by atoms with van der Waals surface area (Å²) in [6, 6.07) is 3.37. The van der Waals surface area contributed by atoms with Crippen molar-refractivity contribution < 1.29 is 17.9 Å². The first kappa shape index (κ1) is 15.1. The number of aryl methyl sites for hydroxylation is 1. The van der Waals surface area contributed by atoms with Gasteiger partial charge in [-0.15, -0.1) is 0 Å². The van der Waals surface area contributed by atoms with E-state index in [9.17, 15) is 13.2 Å². The highest BCUT2D eigenvalue weighted by atomic mass is 32.2. The molecule has 0 aliphatic rings. The highest BCUT2D eigenvalue weighted by molar-refractivity contribution is 7.91. The number of nitrogens with one attached hydrogen (secondary N) is 2. The number of ether oxygens (including phenoxy) is 1. The van der Waals surface area contributed by atoms with Crippen LogP contribution in [0.1, 0.15) is 18.1 Å². The van der Waals surface area contributed by atoms with Gasteiger partial charge >= 0.3 is 16.3 Å². The quantitative estimate of drug-likeness (QED) is 0.723. The van der Waals surface area contributed by atoms with Crippen molar-refractivity contribution in [1.29, 1.82) is 0 Å². The highest BCUT2D eigenvalue weighted by Crippen LogP contribution is 2.25. The van der Waals surface area contributed by atoms with Crippen LogP contribution in [0.3, 0.4) is 0 Å². The van der Waals surface area contributed by atoms with Crippen molar-refractivity contribution in [3.8, 4) is 0 Å². The molecule has 7 nitrogen and oxygen atoms in total. The van der Waals surface area contributed by atoms with Crippen molar-refractivity contribution in [3.05, 3.63) is 23.3 Å². The summed E-state index contributed by atoms with van der Waals surface area (Å²) in [5.41, 5.74) is 7.80. The van der Waals surface area contributed by atoms with Crippen LogP contribution in [0.25, 0.3) is 0 Å². The number of amides is 1. The Kier molecular flexibility index (Phi) is 4.60. The summed E-state index contributed by atoms with van der Waals surface area (Å²) in [5.74, 6) is 0. The third kappa shape index (κ3) is 4.02. The normalized spacial score (nSPS) is 10.9. The van der Waals surface area contributed by atoms with Crippen molar-refractivity contribution in [2.24, 2.45) is 0 Å². The molecule has 0 saturated heterocycles. The van der Waals surface area contributed by atoms with Crippen molar-refractivity contribution in [2.75, 3.05) is 17.1 Å². The molecule has 0 atom stereocenters. The van der Waals surface area contributed by atoms with Gasteiger partial charge in [-0.2, -0.15) is 8.42 Å². The molecule has 0 heterocycles. The standard InChI is InChI=1S/C11H17N3O4S/c1-4-18-11(15)14-19(16,17)13-10-7(2)5-6-9(12)8(10)3/h5-6,13H,4,12H2,1-3H3,(H,14,15). The predicted octanol–water partition coefficient (Wildman–Crippen LogP) is 1.29. The van der Waals surface area contributed by atoms with Crippen LogP contribution in [0.4, 0.5) is 16.2 Å². The van der Waals surface area contributed by atoms with Crippen LogP contribution in [0.2, 0.25) is 0 Å². The Balaban J connectivity index is 2.96. The minimum Gasteiger partial charge on any atom is -0.449 e. The van der Waals surface area contributed by atoms with Gasteiger partial charge in [0.15, 0.2) is 0 Å². The predicted molar refractivity (Wildman–Crippen MR) is 73.0 cm³/mol. The van der Waals surface area contributed by atoms with Gasteiger partial charge in [-0.05, 0) is 38.0 Å². The topological polar surface area (TPSA) is 111 Å². The maximum atomic E-state index is 11.7. The Morgan fingerprint density at radius 1 is 1.37 bits per heavy atom. The molecule has 19 heavy (non-hydrogen) atoms. The lowest BCUT2D eigenvalue weighted by Gasteiger charge is -2.14. The van der Waals surface area contributed by atoms with E-state index >= 15 is 0 Å². The second-order valence-corrected chi connectivity index (χ2v) is 5.31. The number of benzene rings is 1. The number of hydrogen-bond acceptors (Lipinski definition) is 5. The SMILES string of the molecule is CCOC(=O)NS(=O)(=O)Nc1c(C)ccc(N)c1C. The van der Waals surface area contributed by atoms with Crippen LogP contribution in [-0.4, -0.2) is 21.1 Å². The molecule has 0 aliphatic carbocycles. The largest absolute Gasteiger partial charge is 0.449 e. The summed E-state index contributed by atoms with van der Waals surface area (Å²) >= 11 is 0. The average Bonchev–Trinajstić information content (AvgIpc) is 2.29. The van der Waals surface area contributed by atoms with Crippen LogP contribution in [-0.2, 0) is 14.9 Å². The molecule has 4 N–H and O–H groups in total. The molecule has 0 fully saturated rings. The van der Waals surface area contributed by atoms with Crippen LogP contribution < -0.4 is 15.2 Å². The summed E-state index contributed by atoms with van der Waals surface area (Å²) in [6.45, 7) is 5.07. The fourth-order valence-corrected chi connectivity index (χ4v) is 2.36. The van der Waals surface area contributed by atoms with Gasteiger partial charge in [0.1, 0.15) is 0 Å². The molecule has 0 spiro atoms. The molecule has 1 aromatic rings. The summed E-state index contributed by atoms with van der Waals surface area (Å²) < 4.78 is 32.0. The first-order valence-electron chi connectivity index (χ1n) is 5.59. The molecular formula is C11H17N3O4S. The lowest BCUT2D eigenvalue weighted by molar-refractivity contribution is 0.159. The second kappa shape index (κ2) is 5.79. The van der Waals surface area contributed by atoms with E-state index in [1.807, 2.05) is 0 Å². The van der Waals surface area contributed by atoms with Crippen molar-refractivity contribution in [1.82, 2.24) is 4.72 Å². The van der Waals surface area contributed by atoms with E-state index in [-0.39, 0.29) is 6.61 Å². The van der Waals surface area contributed by atoms with E-state index in [2.05, 4.69) is 9.46 Å². The molecule has 1 rings (SSSR count). The van der Waals surface area contributed by atoms with E-state index in [0.717, 1.165) is 0 Å². The maximum Gasteiger partial charge on any atom is 0.422 e. The van der Waals surface area contributed by atoms with E-state index in [1.165, 1.54) is 0 Å². The van der Waals surface area contributed by atoms with Gasteiger partial charge in [0.2, 0.25) is 0 Å². The monoisotopic (exact) mass is 287 g/mol. The van der Waals surface area contributed by atoms with Gasteiger partial charge in [0, 0.05) is 5.69 Å². The highest BCUT2D eigenvalue weighted by Gasteiger charge is 2.17. The van der Waals surface area contributed by atoms with Crippen LogP contribution in [0.5, 0.6) is 0 Å². The number of carbonyl (C=O) groups is 1. The number of carbonyl (C=O) groups excluding carboxylic acids is 1. The van der Waals surface area contributed by atoms with Crippen LogP contribution in [0.15, 0.2) is 12.1 Å². The fraction of sp³-hybridized carbons (Fsp3) is 0.364. The Morgan fingerprint density at radius 2 is 2.00 bits per heavy atom. The zero-order valence-electron chi connectivity index (χ0n) is 11.0. The zero-order chi connectivity index (χ0) is 14.6. The summed E-state index contributed by atoms with van der Waals surface area (Å²) in [6.07, 6.45) is -1.03. The minimum atomic E-state index is -4.05. The molecular weight excluding hydrogens is 270 g/mol. The van der Waals surface area contributed by atoms with E-state index in [4.69, 9.17) is 5.73 Å². The van der Waals surface area contributed by atoms with Crippen molar-refractivity contribution in [2.45, 2.75) is 20.8 Å². The Morgan fingerprint density at radius 3 is 2.58 bits per heavy atom. The number of rotatable bonds is 4. The van der Waals surface area contributed by atoms with Crippen LogP contribution >= 0.6 is 0 Å². The molecule has 0 bridgehead atoms. The second-order valence-electron chi connectivity index (χ2n) is 3.90. The fourth-order valence-electron chi connectivity index (χ4n) is 1.45.